The molecule has 0 amide bonds. The Kier molecular flexibility index (Phi) is 6.67. The molecular formula is C27H26N4O4S. The normalized spacial score (nSPS) is 12.3. The van der Waals surface area contributed by atoms with Crippen LogP contribution in [0.2, 0.25) is 0 Å². The molecule has 8 nitrogen and oxygen atoms in total. The number of benzene rings is 3. The van der Waals surface area contributed by atoms with E-state index >= 15 is 0 Å². The molecule has 0 saturated heterocycles. The summed E-state index contributed by atoms with van der Waals surface area (Å²) in [5.74, 6) is 1.30. The fourth-order valence-electron chi connectivity index (χ4n) is 4.10. The summed E-state index contributed by atoms with van der Waals surface area (Å²) < 4.78 is 8.94. The van der Waals surface area contributed by atoms with Crippen LogP contribution in [0.4, 0.5) is 0 Å². The number of aromatic nitrogens is 4. The van der Waals surface area contributed by atoms with E-state index in [1.807, 2.05) is 73.7 Å². The third kappa shape index (κ3) is 4.80. The first-order valence-corrected chi connectivity index (χ1v) is 12.6. The highest BCUT2D eigenvalue weighted by atomic mass is 32.2. The quantitative estimate of drug-likeness (QED) is 0.314. The minimum Gasteiger partial charge on any atom is -0.490 e. The molecule has 184 valence electrons. The number of nitrogens with zero attached hydrogens (tertiary/aromatic N) is 3. The Morgan fingerprint density at radius 3 is 2.61 bits per heavy atom. The fourth-order valence-corrected chi connectivity index (χ4v) is 5.06. The van der Waals surface area contributed by atoms with E-state index in [1.165, 1.54) is 21.9 Å². The number of hydrogen-bond acceptors (Lipinski definition) is 6. The van der Waals surface area contributed by atoms with Crippen LogP contribution >= 0.6 is 11.8 Å². The zero-order valence-electron chi connectivity index (χ0n) is 20.0. The van der Waals surface area contributed by atoms with Gasteiger partial charge < -0.3 is 14.4 Å². The summed E-state index contributed by atoms with van der Waals surface area (Å²) in [6.45, 7) is 2.14. The van der Waals surface area contributed by atoms with Crippen LogP contribution in [0.25, 0.3) is 21.9 Å². The predicted octanol–water partition coefficient (Wildman–Crippen LogP) is 3.62. The lowest BCUT2D eigenvalue weighted by atomic mass is 10.1. The summed E-state index contributed by atoms with van der Waals surface area (Å²) in [7, 11) is 1.56. The van der Waals surface area contributed by atoms with Crippen molar-refractivity contribution in [1.82, 2.24) is 19.1 Å². The standard InChI is InChI=1S/C27H26N4O4S/c1-17-10-12-18(13-11-17)16-36-27-28-24-23(25(33)29-26(34)30(24)2)31(27)14-20(32)15-35-22-9-5-7-19-6-3-4-8-21(19)22/h3-13,20,32H,14-16H2,1-2H3,(H,29,33,34)/t20-/m0/s1. The minimum absolute atomic E-state index is 0.0272. The Hall–Kier alpha value is -3.82. The van der Waals surface area contributed by atoms with Gasteiger partial charge in [0.15, 0.2) is 16.3 Å². The molecule has 5 rings (SSSR count). The molecule has 0 fully saturated rings. The highest BCUT2D eigenvalue weighted by molar-refractivity contribution is 7.98. The maximum atomic E-state index is 12.8. The van der Waals surface area contributed by atoms with Crippen molar-refractivity contribution in [1.29, 1.82) is 0 Å². The van der Waals surface area contributed by atoms with Gasteiger partial charge in [-0.2, -0.15) is 0 Å². The molecule has 0 radical (unpaired) electrons. The van der Waals surface area contributed by atoms with Crippen LogP contribution in [0.5, 0.6) is 5.75 Å². The summed E-state index contributed by atoms with van der Waals surface area (Å²) in [6, 6.07) is 21.8. The topological polar surface area (TPSA) is 102 Å². The lowest BCUT2D eigenvalue weighted by molar-refractivity contribution is 0.0921. The second-order valence-corrected chi connectivity index (χ2v) is 9.65. The Morgan fingerprint density at radius 1 is 1.06 bits per heavy atom. The van der Waals surface area contributed by atoms with Gasteiger partial charge in [0.25, 0.3) is 5.56 Å². The number of thioether (sulfide) groups is 1. The molecule has 0 aliphatic heterocycles. The number of fused-ring (bicyclic) bond motifs is 2. The molecule has 0 aliphatic rings. The van der Waals surface area contributed by atoms with E-state index in [9.17, 15) is 14.7 Å². The van der Waals surface area contributed by atoms with Crippen LogP contribution in [0.1, 0.15) is 11.1 Å². The van der Waals surface area contributed by atoms with Gasteiger partial charge in [0.1, 0.15) is 18.5 Å². The van der Waals surface area contributed by atoms with Gasteiger partial charge in [-0.1, -0.05) is 78.0 Å². The summed E-state index contributed by atoms with van der Waals surface area (Å²) in [5.41, 5.74) is 1.72. The average Bonchev–Trinajstić information content (AvgIpc) is 3.24. The van der Waals surface area contributed by atoms with Gasteiger partial charge in [-0.15, -0.1) is 0 Å². The van der Waals surface area contributed by atoms with Crippen LogP contribution < -0.4 is 16.0 Å². The van der Waals surface area contributed by atoms with Crippen molar-refractivity contribution in [2.75, 3.05) is 6.61 Å². The number of hydrogen-bond donors (Lipinski definition) is 2. The first-order valence-electron chi connectivity index (χ1n) is 11.6. The molecule has 2 aromatic heterocycles. The molecule has 0 unspecified atom stereocenters. The average molecular weight is 503 g/mol. The zero-order valence-corrected chi connectivity index (χ0v) is 20.8. The molecule has 0 spiro atoms. The monoisotopic (exact) mass is 502 g/mol. The smallest absolute Gasteiger partial charge is 0.329 e. The van der Waals surface area contributed by atoms with Crippen molar-refractivity contribution < 1.29 is 9.84 Å². The number of nitrogens with one attached hydrogen (secondary N) is 1. The predicted molar refractivity (Wildman–Crippen MR) is 142 cm³/mol. The number of rotatable bonds is 8. The van der Waals surface area contributed by atoms with Crippen molar-refractivity contribution in [3.05, 3.63) is 98.7 Å². The van der Waals surface area contributed by atoms with E-state index in [-0.39, 0.29) is 24.3 Å². The van der Waals surface area contributed by atoms with Crippen molar-refractivity contribution >= 4 is 33.7 Å². The van der Waals surface area contributed by atoms with Crippen LogP contribution in [-0.2, 0) is 19.3 Å². The van der Waals surface area contributed by atoms with E-state index in [4.69, 9.17) is 4.74 Å². The molecule has 2 heterocycles. The van der Waals surface area contributed by atoms with E-state index in [0.29, 0.717) is 16.7 Å². The number of aryl methyl sites for hydroxylation is 2. The minimum atomic E-state index is -0.920. The van der Waals surface area contributed by atoms with Gasteiger partial charge in [0.05, 0.1) is 6.54 Å². The summed E-state index contributed by atoms with van der Waals surface area (Å²) >= 11 is 1.45. The van der Waals surface area contributed by atoms with Gasteiger partial charge in [0.2, 0.25) is 0 Å². The third-order valence-electron chi connectivity index (χ3n) is 6.03. The number of imidazole rings is 1. The molecular weight excluding hydrogens is 476 g/mol. The van der Waals surface area contributed by atoms with E-state index in [0.717, 1.165) is 16.3 Å². The molecule has 1 atom stereocenters. The van der Waals surface area contributed by atoms with Crippen LogP contribution in [0.3, 0.4) is 0 Å². The van der Waals surface area contributed by atoms with E-state index in [1.54, 1.807) is 11.6 Å². The second kappa shape index (κ2) is 10.0. The second-order valence-electron chi connectivity index (χ2n) is 8.71. The maximum Gasteiger partial charge on any atom is 0.329 e. The summed E-state index contributed by atoms with van der Waals surface area (Å²) in [4.78, 5) is 31.8. The van der Waals surface area contributed by atoms with Crippen LogP contribution in [0, 0.1) is 6.92 Å². The molecule has 9 heteroatoms. The third-order valence-corrected chi connectivity index (χ3v) is 7.08. The number of aromatic amines is 1. The van der Waals surface area contributed by atoms with Gasteiger partial charge >= 0.3 is 5.69 Å². The molecule has 3 aromatic carbocycles. The highest BCUT2D eigenvalue weighted by Gasteiger charge is 2.20. The van der Waals surface area contributed by atoms with Crippen LogP contribution in [0.15, 0.2) is 81.5 Å². The largest absolute Gasteiger partial charge is 0.490 e. The van der Waals surface area contributed by atoms with Crippen LogP contribution in [-0.4, -0.2) is 36.9 Å². The van der Waals surface area contributed by atoms with Crippen molar-refractivity contribution in [3.8, 4) is 5.75 Å². The lowest BCUT2D eigenvalue weighted by Crippen LogP contribution is -2.30. The van der Waals surface area contributed by atoms with Crippen molar-refractivity contribution in [3.63, 3.8) is 0 Å². The number of aliphatic hydroxyl groups excluding tert-OH is 1. The first-order chi connectivity index (χ1) is 17.4. The zero-order chi connectivity index (χ0) is 25.2. The Morgan fingerprint density at radius 2 is 1.81 bits per heavy atom. The SMILES string of the molecule is Cc1ccc(CSc2nc3c(c(=O)[nH]c(=O)n3C)n2C[C@H](O)COc2cccc3ccccc23)cc1. The number of aliphatic hydroxyl groups is 1. The Bertz CT molecular complexity index is 1650. The van der Waals surface area contributed by atoms with Crippen molar-refractivity contribution in [2.45, 2.75) is 30.5 Å². The fraction of sp³-hybridized carbons (Fsp3) is 0.222. The van der Waals surface area contributed by atoms with Gasteiger partial charge in [-0.25, -0.2) is 9.78 Å². The number of H-pyrrole nitrogens is 1. The summed E-state index contributed by atoms with van der Waals surface area (Å²) in [5, 5.41) is 13.5. The lowest BCUT2D eigenvalue weighted by Gasteiger charge is -2.16. The van der Waals surface area contributed by atoms with E-state index < -0.39 is 17.4 Å². The van der Waals surface area contributed by atoms with Gasteiger partial charge in [0, 0.05) is 18.2 Å². The molecule has 0 saturated carbocycles. The molecule has 0 aliphatic carbocycles. The van der Waals surface area contributed by atoms with Gasteiger partial charge in [-0.05, 0) is 23.9 Å². The maximum absolute atomic E-state index is 12.8. The molecule has 0 bridgehead atoms. The first kappa shape index (κ1) is 23.9. The van der Waals surface area contributed by atoms with Crippen molar-refractivity contribution in [2.24, 2.45) is 7.05 Å². The molecule has 2 N–H and O–H groups in total. The molecule has 5 aromatic rings. The van der Waals surface area contributed by atoms with Gasteiger partial charge in [-0.3, -0.25) is 14.3 Å². The Labute approximate surface area is 211 Å². The Balaban J connectivity index is 1.42. The number of ether oxygens (including phenoxy) is 1. The summed E-state index contributed by atoms with van der Waals surface area (Å²) in [6.07, 6.45) is -0.920. The molecule has 36 heavy (non-hydrogen) atoms. The van der Waals surface area contributed by atoms with E-state index in [2.05, 4.69) is 9.97 Å². The highest BCUT2D eigenvalue weighted by Crippen LogP contribution is 2.27.